The molecule has 7 heteroatoms. The van der Waals surface area contributed by atoms with Crippen LogP contribution in [0, 0.1) is 13.8 Å². The van der Waals surface area contributed by atoms with Crippen molar-refractivity contribution in [1.82, 2.24) is 14.5 Å². The monoisotopic (exact) mass is 353 g/mol. The summed E-state index contributed by atoms with van der Waals surface area (Å²) in [6.07, 6.45) is 1.55. The molecule has 0 unspecified atom stereocenters. The van der Waals surface area contributed by atoms with Crippen molar-refractivity contribution >= 4 is 16.9 Å². The minimum Gasteiger partial charge on any atom is -0.496 e. The van der Waals surface area contributed by atoms with E-state index < -0.39 is 5.97 Å². The van der Waals surface area contributed by atoms with E-state index in [4.69, 9.17) is 9.47 Å². The Morgan fingerprint density at radius 3 is 2.65 bits per heavy atom. The Bertz CT molecular complexity index is 1060. The number of esters is 1. The Kier molecular flexibility index (Phi) is 4.71. The maximum absolute atomic E-state index is 13.0. The van der Waals surface area contributed by atoms with Crippen LogP contribution in [0.2, 0.25) is 0 Å². The maximum Gasteiger partial charge on any atom is 0.374 e. The highest BCUT2D eigenvalue weighted by atomic mass is 16.5. The lowest BCUT2D eigenvalue weighted by atomic mass is 10.1. The number of nitrogens with zero attached hydrogens (tertiary/aromatic N) is 3. The number of benzene rings is 1. The van der Waals surface area contributed by atoms with Gasteiger partial charge in [-0.3, -0.25) is 14.3 Å². The number of carbonyl (C=O) groups is 1. The summed E-state index contributed by atoms with van der Waals surface area (Å²) < 4.78 is 11.5. The number of ether oxygens (including phenoxy) is 2. The van der Waals surface area contributed by atoms with Crippen LogP contribution < -0.4 is 10.3 Å². The van der Waals surface area contributed by atoms with Crippen LogP contribution in [0.15, 0.2) is 35.3 Å². The van der Waals surface area contributed by atoms with Crippen LogP contribution in [0.25, 0.3) is 10.9 Å². The van der Waals surface area contributed by atoms with Crippen LogP contribution >= 0.6 is 0 Å². The molecule has 7 nitrogen and oxygen atoms in total. The second-order valence-corrected chi connectivity index (χ2v) is 5.93. The summed E-state index contributed by atoms with van der Waals surface area (Å²) in [7, 11) is 2.82. The molecule has 0 spiro atoms. The van der Waals surface area contributed by atoms with Crippen LogP contribution in [0.3, 0.4) is 0 Å². The number of carbonyl (C=O) groups excluding carboxylic acids is 1. The molecular formula is C19H19N3O4. The van der Waals surface area contributed by atoms with Crippen molar-refractivity contribution in [2.45, 2.75) is 20.4 Å². The van der Waals surface area contributed by atoms with Crippen molar-refractivity contribution in [2.24, 2.45) is 0 Å². The minimum atomic E-state index is -0.682. The maximum atomic E-state index is 13.0. The van der Waals surface area contributed by atoms with E-state index in [0.29, 0.717) is 22.3 Å². The highest BCUT2D eigenvalue weighted by Crippen LogP contribution is 2.21. The number of rotatable bonds is 4. The third-order valence-corrected chi connectivity index (χ3v) is 4.20. The smallest absolute Gasteiger partial charge is 0.374 e. The van der Waals surface area contributed by atoms with Gasteiger partial charge in [0.2, 0.25) is 5.82 Å². The van der Waals surface area contributed by atoms with Crippen molar-refractivity contribution in [3.05, 3.63) is 63.5 Å². The van der Waals surface area contributed by atoms with E-state index in [1.54, 1.807) is 26.3 Å². The van der Waals surface area contributed by atoms with Crippen molar-refractivity contribution in [3.63, 3.8) is 0 Å². The van der Waals surface area contributed by atoms with E-state index in [1.807, 2.05) is 25.1 Å². The van der Waals surface area contributed by atoms with E-state index in [0.717, 1.165) is 11.1 Å². The Labute approximate surface area is 150 Å². The number of fused-ring (bicyclic) bond motifs is 1. The van der Waals surface area contributed by atoms with Gasteiger partial charge in [0.25, 0.3) is 5.56 Å². The number of aromatic nitrogens is 3. The third-order valence-electron chi connectivity index (χ3n) is 4.20. The zero-order valence-electron chi connectivity index (χ0n) is 15.1. The van der Waals surface area contributed by atoms with Crippen molar-refractivity contribution < 1.29 is 14.3 Å². The summed E-state index contributed by atoms with van der Waals surface area (Å²) in [5.74, 6) is -0.110. The Morgan fingerprint density at radius 1 is 1.19 bits per heavy atom. The van der Waals surface area contributed by atoms with E-state index in [1.165, 1.54) is 11.7 Å². The summed E-state index contributed by atoms with van der Waals surface area (Å²) in [5, 5.41) is 0.399. The fraction of sp³-hybridized carbons (Fsp3) is 0.263. The summed E-state index contributed by atoms with van der Waals surface area (Å²) in [6, 6.07) is 7.26. The lowest BCUT2D eigenvalue weighted by Crippen LogP contribution is -2.29. The first-order valence-corrected chi connectivity index (χ1v) is 8.04. The van der Waals surface area contributed by atoms with Gasteiger partial charge in [0.15, 0.2) is 0 Å². The molecule has 2 heterocycles. The van der Waals surface area contributed by atoms with Gasteiger partial charge in [-0.05, 0) is 31.5 Å². The average molecular weight is 353 g/mol. The molecule has 3 rings (SSSR count). The topological polar surface area (TPSA) is 83.3 Å². The Balaban J connectivity index is 2.26. The Morgan fingerprint density at radius 2 is 1.96 bits per heavy atom. The van der Waals surface area contributed by atoms with Gasteiger partial charge in [-0.25, -0.2) is 9.78 Å². The van der Waals surface area contributed by atoms with Crippen LogP contribution in [-0.4, -0.2) is 34.7 Å². The van der Waals surface area contributed by atoms with Gasteiger partial charge < -0.3 is 9.47 Å². The molecule has 134 valence electrons. The molecule has 26 heavy (non-hydrogen) atoms. The number of aryl methyl sites for hydroxylation is 2. The van der Waals surface area contributed by atoms with Gasteiger partial charge in [0.05, 0.1) is 37.4 Å². The lowest BCUT2D eigenvalue weighted by Gasteiger charge is -2.15. The van der Waals surface area contributed by atoms with Gasteiger partial charge >= 0.3 is 5.97 Å². The first-order valence-electron chi connectivity index (χ1n) is 8.04. The molecule has 0 aliphatic carbocycles. The first-order chi connectivity index (χ1) is 12.5. The fourth-order valence-corrected chi connectivity index (χ4v) is 2.83. The standard InChI is InChI=1S/C19H19N3O4/c1-11-5-6-13(15(9-11)25-3)10-22-17(19(24)26-4)21-16-12(2)20-8-7-14(16)18(22)23/h5-9H,10H2,1-4H3. The van der Waals surface area contributed by atoms with Crippen LogP contribution in [-0.2, 0) is 11.3 Å². The highest BCUT2D eigenvalue weighted by Gasteiger charge is 2.20. The number of hydrogen-bond acceptors (Lipinski definition) is 6. The molecule has 0 aliphatic heterocycles. The zero-order valence-corrected chi connectivity index (χ0v) is 15.1. The lowest BCUT2D eigenvalue weighted by molar-refractivity contribution is 0.0580. The van der Waals surface area contributed by atoms with E-state index in [2.05, 4.69) is 9.97 Å². The molecule has 0 saturated heterocycles. The minimum absolute atomic E-state index is 0.0660. The number of methoxy groups -OCH3 is 2. The molecule has 0 aliphatic rings. The summed E-state index contributed by atoms with van der Waals surface area (Å²) in [6.45, 7) is 3.83. The molecule has 0 bridgehead atoms. The number of pyridine rings is 1. The molecule has 2 aromatic heterocycles. The first kappa shape index (κ1) is 17.6. The molecule has 0 atom stereocenters. The molecular weight excluding hydrogens is 334 g/mol. The second kappa shape index (κ2) is 6.95. The van der Waals surface area contributed by atoms with E-state index in [9.17, 15) is 9.59 Å². The number of hydrogen-bond donors (Lipinski definition) is 0. The molecule has 1 aromatic carbocycles. The molecule has 0 N–H and O–H groups in total. The van der Waals surface area contributed by atoms with E-state index >= 15 is 0 Å². The second-order valence-electron chi connectivity index (χ2n) is 5.93. The van der Waals surface area contributed by atoms with Gasteiger partial charge in [0, 0.05) is 11.8 Å². The fourth-order valence-electron chi connectivity index (χ4n) is 2.83. The van der Waals surface area contributed by atoms with E-state index in [-0.39, 0.29) is 17.9 Å². The van der Waals surface area contributed by atoms with Crippen LogP contribution in [0.4, 0.5) is 0 Å². The largest absolute Gasteiger partial charge is 0.496 e. The SMILES string of the molecule is COC(=O)c1nc2c(C)nccc2c(=O)n1Cc1ccc(C)cc1OC. The van der Waals surface area contributed by atoms with Crippen molar-refractivity contribution in [1.29, 1.82) is 0 Å². The molecule has 0 amide bonds. The molecule has 0 fully saturated rings. The zero-order chi connectivity index (χ0) is 18.8. The van der Waals surface area contributed by atoms with Crippen LogP contribution in [0.1, 0.15) is 27.4 Å². The van der Waals surface area contributed by atoms with Gasteiger partial charge in [-0.2, -0.15) is 0 Å². The average Bonchev–Trinajstić information content (AvgIpc) is 2.64. The molecule has 0 radical (unpaired) electrons. The summed E-state index contributed by atoms with van der Waals surface area (Å²) >= 11 is 0. The quantitative estimate of drug-likeness (QED) is 0.669. The van der Waals surface area contributed by atoms with Crippen molar-refractivity contribution in [2.75, 3.05) is 14.2 Å². The van der Waals surface area contributed by atoms with Gasteiger partial charge in [0.1, 0.15) is 5.75 Å². The molecule has 3 aromatic rings. The normalized spacial score (nSPS) is 10.8. The molecule has 0 saturated carbocycles. The van der Waals surface area contributed by atoms with Crippen molar-refractivity contribution in [3.8, 4) is 5.75 Å². The summed E-state index contributed by atoms with van der Waals surface area (Å²) in [5.41, 5.74) is 2.43. The summed E-state index contributed by atoms with van der Waals surface area (Å²) in [4.78, 5) is 33.8. The predicted octanol–water partition coefficient (Wildman–Crippen LogP) is 2.25. The van der Waals surface area contributed by atoms with Gasteiger partial charge in [-0.15, -0.1) is 0 Å². The highest BCUT2D eigenvalue weighted by molar-refractivity contribution is 5.89. The van der Waals surface area contributed by atoms with Crippen LogP contribution in [0.5, 0.6) is 5.75 Å². The van der Waals surface area contributed by atoms with Gasteiger partial charge in [-0.1, -0.05) is 12.1 Å². The Hall–Kier alpha value is -3.22. The third kappa shape index (κ3) is 3.03. The predicted molar refractivity (Wildman–Crippen MR) is 96.7 cm³/mol.